The van der Waals surface area contributed by atoms with Crippen molar-refractivity contribution < 1.29 is 27.9 Å². The number of aliphatic imine (C=N–C) groups is 1. The molecule has 3 saturated heterocycles. The molecule has 0 unspecified atom stereocenters. The number of anilines is 4. The summed E-state index contributed by atoms with van der Waals surface area (Å²) < 4.78 is 38.5. The molecule has 0 aliphatic carbocycles. The van der Waals surface area contributed by atoms with Gasteiger partial charge in [-0.05, 0) is 93.3 Å². The number of rotatable bonds is 5. The summed E-state index contributed by atoms with van der Waals surface area (Å²) in [6.45, 7) is 11.3. The molecule has 61 heavy (non-hydrogen) atoms. The highest BCUT2D eigenvalue weighted by Crippen LogP contribution is 2.39. The normalized spacial score (nSPS) is 22.5. The number of fused-ring (bicyclic) bond motifs is 7. The third kappa shape index (κ3) is 8.42. The van der Waals surface area contributed by atoms with Crippen LogP contribution >= 0.6 is 0 Å². The quantitative estimate of drug-likeness (QED) is 0.234. The van der Waals surface area contributed by atoms with Gasteiger partial charge in [0.15, 0.2) is 0 Å². The monoisotopic (exact) mass is 834 g/mol. The van der Waals surface area contributed by atoms with Crippen LogP contribution in [0.25, 0.3) is 11.3 Å². The SMILES string of the molecule is Cc1cc2cc(n1)-c1cnn(C)c1OCCC[C@@H](C)CN1/C(=N/C2=O)Nc2ccc(N3CCN(CC4CCN(c5cc(F)c([C@H]6CCC(=O)NC6=O)c(F)c5)CC4)CC3)cc21. The lowest BCUT2D eigenvalue weighted by atomic mass is 9.89. The van der Waals surface area contributed by atoms with Gasteiger partial charge in [-0.15, -0.1) is 0 Å². The fourth-order valence-corrected chi connectivity index (χ4v) is 9.47. The van der Waals surface area contributed by atoms with E-state index >= 15 is 8.78 Å². The lowest BCUT2D eigenvalue weighted by Gasteiger charge is -2.40. The first kappa shape index (κ1) is 40.5. The number of imide groups is 1. The van der Waals surface area contributed by atoms with Crippen LogP contribution in [0.4, 0.5) is 31.5 Å². The van der Waals surface area contributed by atoms with Crippen molar-refractivity contribution in [2.75, 3.05) is 79.0 Å². The van der Waals surface area contributed by atoms with Gasteiger partial charge in [0.2, 0.25) is 23.7 Å². The van der Waals surface area contributed by atoms with Gasteiger partial charge in [0, 0.05) is 94.0 Å². The largest absolute Gasteiger partial charge is 0.477 e. The molecule has 5 aliphatic rings. The van der Waals surface area contributed by atoms with Gasteiger partial charge in [-0.2, -0.15) is 10.1 Å². The highest BCUT2D eigenvalue weighted by molar-refractivity contribution is 6.19. The summed E-state index contributed by atoms with van der Waals surface area (Å²) in [4.78, 5) is 56.2. The zero-order valence-electron chi connectivity index (χ0n) is 34.9. The molecule has 2 bridgehead atoms. The molecule has 0 spiro atoms. The Morgan fingerprint density at radius 2 is 1.62 bits per heavy atom. The summed E-state index contributed by atoms with van der Waals surface area (Å²) in [6, 6.07) is 12.6. The number of carbonyl (C=O) groups is 3. The molecule has 2 aromatic heterocycles. The number of aromatic nitrogens is 3. The standard InChI is InChI=1S/C45H52F2N10O4/c1-27-5-4-18-61-44-34(24-48-53(44)3)38-20-30(19-28(2)49-38)42(59)52-45-50-37-8-6-31(23-39(37)57(45)25-27)56-16-14-54(15-17-56)26-29-10-12-55(13-11-29)32-21-35(46)41(36(47)22-32)33-7-9-40(58)51-43(33)60/h6,8,19-24,27,29,33H,4-5,7,9-18,25-26H2,1-3H3,(H,50,52,59)(H,51,58,60)/t27-,33-/m1/s1. The summed E-state index contributed by atoms with van der Waals surface area (Å²) in [5, 5.41) is 10.1. The molecule has 14 nitrogen and oxygen atoms in total. The third-order valence-corrected chi connectivity index (χ3v) is 12.8. The number of piperazine rings is 1. The van der Waals surface area contributed by atoms with E-state index in [4.69, 9.17) is 9.72 Å². The van der Waals surface area contributed by atoms with Gasteiger partial charge in [0.25, 0.3) is 5.91 Å². The van der Waals surface area contributed by atoms with Gasteiger partial charge in [0.05, 0.1) is 41.4 Å². The summed E-state index contributed by atoms with van der Waals surface area (Å²) in [5.41, 5.74) is 5.77. The number of hydrogen-bond acceptors (Lipinski definition) is 11. The molecular weight excluding hydrogens is 783 g/mol. The van der Waals surface area contributed by atoms with Crippen LogP contribution in [0.15, 0.2) is 53.7 Å². The molecule has 320 valence electrons. The maximum atomic E-state index is 15.3. The van der Waals surface area contributed by atoms with Crippen LogP contribution in [0.1, 0.15) is 73.0 Å². The van der Waals surface area contributed by atoms with Crippen LogP contribution in [0.5, 0.6) is 5.88 Å². The second kappa shape index (κ2) is 16.9. The van der Waals surface area contributed by atoms with Crippen molar-refractivity contribution in [1.29, 1.82) is 0 Å². The van der Waals surface area contributed by atoms with E-state index in [1.807, 2.05) is 18.9 Å². The fourth-order valence-electron chi connectivity index (χ4n) is 9.47. The number of pyridine rings is 1. The molecule has 4 aromatic rings. The molecule has 2 atom stereocenters. The number of nitrogens with one attached hydrogen (secondary N) is 2. The van der Waals surface area contributed by atoms with Crippen LogP contribution in [-0.2, 0) is 16.6 Å². The maximum absolute atomic E-state index is 15.3. The van der Waals surface area contributed by atoms with Crippen LogP contribution in [0.3, 0.4) is 0 Å². The molecule has 7 heterocycles. The summed E-state index contributed by atoms with van der Waals surface area (Å²) in [6.07, 6.45) is 5.48. The number of piperidine rings is 2. The van der Waals surface area contributed by atoms with Gasteiger partial charge in [-0.25, -0.2) is 13.5 Å². The molecular formula is C45H52F2N10O4. The minimum atomic E-state index is -1.00. The molecule has 3 amide bonds. The Balaban J connectivity index is 0.833. The van der Waals surface area contributed by atoms with E-state index < -0.39 is 29.4 Å². The smallest absolute Gasteiger partial charge is 0.280 e. The van der Waals surface area contributed by atoms with Gasteiger partial charge >= 0.3 is 0 Å². The zero-order chi connectivity index (χ0) is 42.4. The summed E-state index contributed by atoms with van der Waals surface area (Å²) in [5.74, 6) is -2.01. The summed E-state index contributed by atoms with van der Waals surface area (Å²) in [7, 11) is 1.84. The Hall–Kier alpha value is -5.90. The van der Waals surface area contributed by atoms with E-state index in [2.05, 4.69) is 60.5 Å². The highest BCUT2D eigenvalue weighted by atomic mass is 19.1. The van der Waals surface area contributed by atoms with Crippen LogP contribution in [-0.4, -0.2) is 102 Å². The lowest BCUT2D eigenvalue weighted by Crippen LogP contribution is -2.49. The minimum Gasteiger partial charge on any atom is -0.477 e. The Kier molecular flexibility index (Phi) is 11.2. The average Bonchev–Trinajstić information content (AvgIpc) is 3.77. The number of hydrogen-bond donors (Lipinski definition) is 2. The van der Waals surface area contributed by atoms with E-state index in [9.17, 15) is 14.4 Å². The molecule has 2 aromatic carbocycles. The van der Waals surface area contributed by atoms with Gasteiger partial charge in [0.1, 0.15) is 11.6 Å². The van der Waals surface area contributed by atoms with Crippen molar-refractivity contribution in [3.8, 4) is 17.1 Å². The third-order valence-electron chi connectivity index (χ3n) is 12.8. The minimum absolute atomic E-state index is 0.0612. The second-order valence-corrected chi connectivity index (χ2v) is 17.2. The van der Waals surface area contributed by atoms with E-state index in [0.29, 0.717) is 66.6 Å². The van der Waals surface area contributed by atoms with Crippen LogP contribution in [0.2, 0.25) is 0 Å². The fraction of sp³-hybridized carbons (Fsp3) is 0.467. The van der Waals surface area contributed by atoms with Gasteiger partial charge in [-0.3, -0.25) is 29.6 Å². The van der Waals surface area contributed by atoms with E-state index in [-0.39, 0.29) is 30.2 Å². The number of amides is 3. The average molecular weight is 835 g/mol. The van der Waals surface area contributed by atoms with Crippen molar-refractivity contribution in [2.45, 2.75) is 58.3 Å². The van der Waals surface area contributed by atoms with Gasteiger partial charge < -0.3 is 24.8 Å². The van der Waals surface area contributed by atoms with Crippen molar-refractivity contribution in [1.82, 2.24) is 25.0 Å². The summed E-state index contributed by atoms with van der Waals surface area (Å²) >= 11 is 0. The number of ether oxygens (including phenoxy) is 1. The number of guanidine groups is 1. The zero-order valence-corrected chi connectivity index (χ0v) is 34.9. The molecule has 2 N–H and O–H groups in total. The number of carbonyl (C=O) groups excluding carboxylic acids is 3. The Morgan fingerprint density at radius 3 is 2.38 bits per heavy atom. The Bertz CT molecular complexity index is 2360. The molecule has 5 aliphatic heterocycles. The first-order chi connectivity index (χ1) is 29.5. The molecule has 16 heteroatoms. The highest BCUT2D eigenvalue weighted by Gasteiger charge is 2.34. The van der Waals surface area contributed by atoms with E-state index in [0.717, 1.165) is 81.0 Å². The number of benzene rings is 2. The van der Waals surface area contributed by atoms with Crippen LogP contribution in [0, 0.1) is 30.4 Å². The van der Waals surface area contributed by atoms with E-state index in [1.54, 1.807) is 23.0 Å². The number of aryl methyl sites for hydroxylation is 2. The second-order valence-electron chi connectivity index (χ2n) is 17.2. The predicted molar refractivity (Wildman–Crippen MR) is 229 cm³/mol. The van der Waals surface area contributed by atoms with Crippen LogP contribution < -0.4 is 30.1 Å². The number of halogens is 2. The van der Waals surface area contributed by atoms with Crippen molar-refractivity contribution in [2.24, 2.45) is 23.9 Å². The van der Waals surface area contributed by atoms with Crippen molar-refractivity contribution in [3.05, 3.63) is 77.1 Å². The van der Waals surface area contributed by atoms with E-state index in [1.165, 1.54) is 12.1 Å². The predicted octanol–water partition coefficient (Wildman–Crippen LogP) is 5.86. The first-order valence-electron chi connectivity index (χ1n) is 21.5. The molecule has 0 radical (unpaired) electrons. The lowest BCUT2D eigenvalue weighted by molar-refractivity contribution is -0.134. The molecule has 3 fully saturated rings. The first-order valence-corrected chi connectivity index (χ1v) is 21.5. The number of nitrogens with zero attached hydrogens (tertiary/aromatic N) is 8. The van der Waals surface area contributed by atoms with Crippen molar-refractivity contribution >= 4 is 46.4 Å². The topological polar surface area (TPSA) is 141 Å². The molecule has 0 saturated carbocycles. The molecule has 9 rings (SSSR count). The Morgan fingerprint density at radius 1 is 0.869 bits per heavy atom. The van der Waals surface area contributed by atoms with Crippen molar-refractivity contribution in [3.63, 3.8) is 0 Å². The maximum Gasteiger partial charge on any atom is 0.280 e. The van der Waals surface area contributed by atoms with Gasteiger partial charge in [-0.1, -0.05) is 6.92 Å². The Labute approximate surface area is 353 Å².